The highest BCUT2D eigenvalue weighted by atomic mass is 32.2. The number of amides is 1. The van der Waals surface area contributed by atoms with Crippen LogP contribution < -0.4 is 5.32 Å². The third kappa shape index (κ3) is 4.46. The van der Waals surface area contributed by atoms with Gasteiger partial charge in [0.2, 0.25) is 0 Å². The van der Waals surface area contributed by atoms with Gasteiger partial charge in [-0.25, -0.2) is 8.42 Å². The zero-order chi connectivity index (χ0) is 19.4. The quantitative estimate of drug-likeness (QED) is 0.673. The fourth-order valence-corrected chi connectivity index (χ4v) is 4.04. The number of carbonyl (C=O) groups excluding carboxylic acids is 1. The molecule has 0 atom stereocenters. The Kier molecular flexibility index (Phi) is 5.46. The summed E-state index contributed by atoms with van der Waals surface area (Å²) in [6.07, 6.45) is 0. The fourth-order valence-electron chi connectivity index (χ4n) is 2.77. The fraction of sp³-hybridized carbons (Fsp3) is 0.190. The lowest BCUT2D eigenvalue weighted by Crippen LogP contribution is -2.13. The molecule has 140 valence electrons. The molecular weight excluding hydrogens is 362 g/mol. The number of furan rings is 1. The van der Waals surface area contributed by atoms with Crippen LogP contribution in [-0.2, 0) is 15.6 Å². The number of nitrogens with one attached hydrogen (secondary N) is 1. The molecule has 0 aliphatic rings. The van der Waals surface area contributed by atoms with E-state index in [9.17, 15) is 13.2 Å². The van der Waals surface area contributed by atoms with Crippen LogP contribution in [0.4, 0.5) is 5.69 Å². The van der Waals surface area contributed by atoms with Crippen molar-refractivity contribution in [2.75, 3.05) is 5.32 Å². The Morgan fingerprint density at radius 2 is 1.63 bits per heavy atom. The van der Waals surface area contributed by atoms with Crippen LogP contribution in [0.5, 0.6) is 0 Å². The lowest BCUT2D eigenvalue weighted by molar-refractivity contribution is 0.0995. The van der Waals surface area contributed by atoms with E-state index in [1.165, 1.54) is 24.3 Å². The van der Waals surface area contributed by atoms with Gasteiger partial charge in [-0.05, 0) is 41.8 Å². The molecule has 0 unspecified atom stereocenters. The first kappa shape index (κ1) is 18.9. The van der Waals surface area contributed by atoms with E-state index in [1.807, 2.05) is 38.1 Å². The molecule has 0 bridgehead atoms. The highest BCUT2D eigenvalue weighted by Gasteiger charge is 2.19. The summed E-state index contributed by atoms with van der Waals surface area (Å²) in [5, 5.41) is 2.83. The average molecular weight is 383 g/mol. The summed E-state index contributed by atoms with van der Waals surface area (Å²) in [6, 6.07) is 18.7. The molecule has 0 radical (unpaired) electrons. The van der Waals surface area contributed by atoms with Gasteiger partial charge >= 0.3 is 0 Å². The van der Waals surface area contributed by atoms with E-state index < -0.39 is 15.7 Å². The van der Waals surface area contributed by atoms with Gasteiger partial charge in [0, 0.05) is 5.69 Å². The summed E-state index contributed by atoms with van der Waals surface area (Å²) in [6.45, 7) is 4.09. The van der Waals surface area contributed by atoms with Gasteiger partial charge in [-0.1, -0.05) is 50.2 Å². The Bertz CT molecular complexity index is 1040. The van der Waals surface area contributed by atoms with Crippen molar-refractivity contribution in [2.24, 2.45) is 0 Å². The molecule has 1 amide bonds. The molecule has 1 aromatic heterocycles. The molecule has 5 nitrogen and oxygen atoms in total. The Balaban J connectivity index is 1.75. The zero-order valence-corrected chi connectivity index (χ0v) is 16.0. The van der Waals surface area contributed by atoms with Gasteiger partial charge in [-0.15, -0.1) is 0 Å². The van der Waals surface area contributed by atoms with Crippen molar-refractivity contribution in [1.29, 1.82) is 0 Å². The molecule has 3 rings (SSSR count). The van der Waals surface area contributed by atoms with Crippen LogP contribution in [0.3, 0.4) is 0 Å². The first-order chi connectivity index (χ1) is 12.9. The number of carbonyl (C=O) groups is 1. The lowest BCUT2D eigenvalue weighted by atomic mass is 10.0. The molecule has 1 heterocycles. The average Bonchev–Trinajstić information content (AvgIpc) is 3.10. The summed E-state index contributed by atoms with van der Waals surface area (Å²) in [4.78, 5) is 12.7. The number of rotatable bonds is 6. The standard InChI is InChI=1S/C21H21NO4S/c1-15(2)18-10-6-7-11-19(18)22-21(23)20-13-12-16(26-20)14-27(24,25)17-8-4-3-5-9-17/h3-13,15H,14H2,1-2H3,(H,22,23). The summed E-state index contributed by atoms with van der Waals surface area (Å²) < 4.78 is 30.3. The van der Waals surface area contributed by atoms with Gasteiger partial charge in [-0.3, -0.25) is 4.79 Å². The van der Waals surface area contributed by atoms with E-state index in [4.69, 9.17) is 4.42 Å². The SMILES string of the molecule is CC(C)c1ccccc1NC(=O)c1ccc(CS(=O)(=O)c2ccccc2)o1. The second-order valence-corrected chi connectivity index (χ2v) is 8.52. The minimum atomic E-state index is -3.53. The van der Waals surface area contributed by atoms with Crippen LogP contribution in [0.1, 0.15) is 41.6 Å². The maximum absolute atomic E-state index is 12.5. The second-order valence-electron chi connectivity index (χ2n) is 6.53. The zero-order valence-electron chi connectivity index (χ0n) is 15.2. The van der Waals surface area contributed by atoms with Crippen molar-refractivity contribution >= 4 is 21.4 Å². The third-order valence-electron chi connectivity index (χ3n) is 4.15. The summed E-state index contributed by atoms with van der Waals surface area (Å²) >= 11 is 0. The van der Waals surface area contributed by atoms with E-state index in [-0.39, 0.29) is 28.1 Å². The molecule has 2 aromatic carbocycles. The Morgan fingerprint density at radius 1 is 0.963 bits per heavy atom. The number of para-hydroxylation sites is 1. The third-order valence-corrected chi connectivity index (χ3v) is 5.81. The Hall–Kier alpha value is -2.86. The van der Waals surface area contributed by atoms with Crippen LogP contribution in [0.15, 0.2) is 76.0 Å². The van der Waals surface area contributed by atoms with E-state index in [0.717, 1.165) is 5.56 Å². The highest BCUT2D eigenvalue weighted by Crippen LogP contribution is 2.25. The molecule has 1 N–H and O–H groups in total. The monoisotopic (exact) mass is 383 g/mol. The molecule has 3 aromatic rings. The van der Waals surface area contributed by atoms with Crippen molar-refractivity contribution in [3.8, 4) is 0 Å². The highest BCUT2D eigenvalue weighted by molar-refractivity contribution is 7.90. The smallest absolute Gasteiger partial charge is 0.291 e. The van der Waals surface area contributed by atoms with Crippen molar-refractivity contribution < 1.29 is 17.6 Å². The topological polar surface area (TPSA) is 76.4 Å². The summed E-state index contributed by atoms with van der Waals surface area (Å²) in [7, 11) is -3.53. The molecule has 0 fully saturated rings. The number of hydrogen-bond donors (Lipinski definition) is 1. The molecule has 0 spiro atoms. The Morgan fingerprint density at radius 3 is 2.33 bits per heavy atom. The van der Waals surface area contributed by atoms with Gasteiger partial charge in [0.05, 0.1) is 4.90 Å². The van der Waals surface area contributed by atoms with Gasteiger partial charge in [0.25, 0.3) is 5.91 Å². The van der Waals surface area contributed by atoms with E-state index in [0.29, 0.717) is 5.69 Å². The van der Waals surface area contributed by atoms with Crippen LogP contribution in [0.2, 0.25) is 0 Å². The minimum absolute atomic E-state index is 0.0758. The normalized spacial score (nSPS) is 11.5. The molecule has 0 aliphatic carbocycles. The van der Waals surface area contributed by atoms with Gasteiger partial charge in [-0.2, -0.15) is 0 Å². The first-order valence-corrected chi connectivity index (χ1v) is 10.3. The van der Waals surface area contributed by atoms with E-state index in [1.54, 1.807) is 18.2 Å². The van der Waals surface area contributed by atoms with Crippen LogP contribution >= 0.6 is 0 Å². The van der Waals surface area contributed by atoms with E-state index in [2.05, 4.69) is 5.32 Å². The lowest BCUT2D eigenvalue weighted by Gasteiger charge is -2.12. The Labute approximate surface area is 159 Å². The van der Waals surface area contributed by atoms with Gasteiger partial charge in [0.1, 0.15) is 11.5 Å². The van der Waals surface area contributed by atoms with Gasteiger partial charge < -0.3 is 9.73 Å². The van der Waals surface area contributed by atoms with Crippen molar-refractivity contribution in [2.45, 2.75) is 30.4 Å². The van der Waals surface area contributed by atoms with E-state index >= 15 is 0 Å². The van der Waals surface area contributed by atoms with Gasteiger partial charge in [0.15, 0.2) is 15.6 Å². The number of hydrogen-bond acceptors (Lipinski definition) is 4. The predicted molar refractivity (Wildman–Crippen MR) is 105 cm³/mol. The molecule has 0 saturated carbocycles. The second kappa shape index (κ2) is 7.80. The van der Waals surface area contributed by atoms with Crippen LogP contribution in [0, 0.1) is 0 Å². The maximum Gasteiger partial charge on any atom is 0.291 e. The predicted octanol–water partition coefficient (Wildman–Crippen LogP) is 4.63. The largest absolute Gasteiger partial charge is 0.455 e. The molecule has 0 saturated heterocycles. The van der Waals surface area contributed by atoms with Crippen LogP contribution in [-0.4, -0.2) is 14.3 Å². The minimum Gasteiger partial charge on any atom is -0.455 e. The molecular formula is C21H21NO4S. The number of benzene rings is 2. The maximum atomic E-state index is 12.5. The van der Waals surface area contributed by atoms with Crippen molar-refractivity contribution in [3.63, 3.8) is 0 Å². The van der Waals surface area contributed by atoms with Crippen molar-refractivity contribution in [1.82, 2.24) is 0 Å². The molecule has 6 heteroatoms. The number of anilines is 1. The summed E-state index contributed by atoms with van der Waals surface area (Å²) in [5.41, 5.74) is 1.73. The van der Waals surface area contributed by atoms with Crippen molar-refractivity contribution in [3.05, 3.63) is 83.8 Å². The molecule has 0 aliphatic heterocycles. The molecule has 27 heavy (non-hydrogen) atoms. The first-order valence-electron chi connectivity index (χ1n) is 8.63. The number of sulfone groups is 1. The van der Waals surface area contributed by atoms with Crippen LogP contribution in [0.25, 0.3) is 0 Å². The summed E-state index contributed by atoms with van der Waals surface area (Å²) in [5.74, 6) is -0.156.